The van der Waals surface area contributed by atoms with Crippen molar-refractivity contribution < 1.29 is 18.0 Å². The Balaban J connectivity index is 2.29. The van der Waals surface area contributed by atoms with Crippen LogP contribution in [0.2, 0.25) is 10.0 Å². The summed E-state index contributed by atoms with van der Waals surface area (Å²) in [5, 5.41) is 1.09. The molecule has 0 atom stereocenters. The third-order valence-corrected chi connectivity index (χ3v) is 5.55. The molecule has 0 aromatic heterocycles. The van der Waals surface area contributed by atoms with Gasteiger partial charge in [-0.25, -0.2) is 8.42 Å². The number of primary amides is 1. The Morgan fingerprint density at radius 3 is 2.67 bits per heavy atom. The van der Waals surface area contributed by atoms with Crippen LogP contribution in [0.4, 0.5) is 0 Å². The lowest BCUT2D eigenvalue weighted by Gasteiger charge is -2.29. The van der Waals surface area contributed by atoms with Crippen molar-refractivity contribution in [2.75, 3.05) is 6.54 Å². The maximum Gasteiger partial charge on any atom is 0.265 e. The minimum atomic E-state index is -4.12. The molecule has 0 spiro atoms. The number of carbonyl (C=O) groups is 2. The van der Waals surface area contributed by atoms with Crippen LogP contribution in [0.15, 0.2) is 34.2 Å². The fourth-order valence-electron chi connectivity index (χ4n) is 2.24. The summed E-state index contributed by atoms with van der Waals surface area (Å²) in [6, 6.07) is 3.98. The molecule has 1 aromatic carbocycles. The van der Waals surface area contributed by atoms with Gasteiger partial charge in [-0.05, 0) is 31.5 Å². The third-order valence-electron chi connectivity index (χ3n) is 3.49. The summed E-state index contributed by atoms with van der Waals surface area (Å²) in [6.45, 7) is 1.83. The lowest BCUT2D eigenvalue weighted by molar-refractivity contribution is -0.130. The lowest BCUT2D eigenvalue weighted by Crippen LogP contribution is -2.49. The molecule has 10 heteroatoms. The quantitative estimate of drug-likeness (QED) is 0.793. The zero-order chi connectivity index (χ0) is 18.1. The Morgan fingerprint density at radius 2 is 2.04 bits per heavy atom. The maximum absolute atomic E-state index is 12.5. The van der Waals surface area contributed by atoms with Gasteiger partial charge in [-0.15, -0.1) is 4.83 Å². The van der Waals surface area contributed by atoms with Crippen molar-refractivity contribution in [2.45, 2.75) is 24.7 Å². The number of sulfonamides is 1. The van der Waals surface area contributed by atoms with E-state index in [-0.39, 0.29) is 33.5 Å². The Labute approximate surface area is 149 Å². The van der Waals surface area contributed by atoms with Crippen LogP contribution in [0.1, 0.15) is 19.8 Å². The second-order valence-corrected chi connectivity index (χ2v) is 7.75. The first kappa shape index (κ1) is 18.7. The number of hydrazine groups is 1. The minimum absolute atomic E-state index is 0.0274. The van der Waals surface area contributed by atoms with Crippen LogP contribution >= 0.6 is 23.2 Å². The second kappa shape index (κ2) is 7.10. The van der Waals surface area contributed by atoms with Gasteiger partial charge in [0.1, 0.15) is 4.90 Å². The van der Waals surface area contributed by atoms with Gasteiger partial charge in [0.15, 0.2) is 0 Å². The molecule has 130 valence electrons. The van der Waals surface area contributed by atoms with E-state index in [4.69, 9.17) is 28.9 Å². The zero-order valence-electron chi connectivity index (χ0n) is 12.7. The highest BCUT2D eigenvalue weighted by Gasteiger charge is 2.30. The van der Waals surface area contributed by atoms with Gasteiger partial charge in [0.05, 0.1) is 11.4 Å². The summed E-state index contributed by atoms with van der Waals surface area (Å²) in [7, 11) is -4.12. The number of hydrogen-bond donors (Lipinski definition) is 2. The Kier molecular flexibility index (Phi) is 5.54. The van der Waals surface area contributed by atoms with Crippen LogP contribution in [0.5, 0.6) is 0 Å². The first-order chi connectivity index (χ1) is 11.1. The number of rotatable bonds is 5. The lowest BCUT2D eigenvalue weighted by atomic mass is 9.99. The SMILES string of the molecule is CC1=C(CC(N)=O)C(=O)N(NS(=O)(=O)c2cc(Cl)ccc2Cl)CC1. The standard InChI is InChI=1S/C14H15Cl2N3O4S/c1-8-4-5-19(14(21)10(8)7-13(17)20)18-24(22,23)12-6-9(15)2-3-11(12)16/h2-3,6,18H,4-5,7H2,1H3,(H2,17,20). The minimum Gasteiger partial charge on any atom is -0.369 e. The van der Waals surface area contributed by atoms with Crippen molar-refractivity contribution >= 4 is 45.0 Å². The predicted molar refractivity (Wildman–Crippen MR) is 89.6 cm³/mol. The third kappa shape index (κ3) is 4.07. The molecular formula is C14H15Cl2N3O4S. The van der Waals surface area contributed by atoms with Gasteiger partial charge in [-0.1, -0.05) is 28.8 Å². The van der Waals surface area contributed by atoms with Crippen molar-refractivity contribution in [3.8, 4) is 0 Å². The summed E-state index contributed by atoms with van der Waals surface area (Å²) in [5.74, 6) is -1.28. The molecule has 1 aliphatic rings. The molecule has 1 heterocycles. The van der Waals surface area contributed by atoms with Crippen LogP contribution < -0.4 is 10.6 Å². The largest absolute Gasteiger partial charge is 0.369 e. The highest BCUT2D eigenvalue weighted by atomic mass is 35.5. The summed E-state index contributed by atoms with van der Waals surface area (Å²) >= 11 is 11.7. The van der Waals surface area contributed by atoms with E-state index >= 15 is 0 Å². The average Bonchev–Trinajstić information content (AvgIpc) is 2.48. The van der Waals surface area contributed by atoms with Gasteiger partial charge in [0.25, 0.3) is 15.9 Å². The van der Waals surface area contributed by atoms with Crippen LogP contribution in [0, 0.1) is 0 Å². The molecule has 1 aromatic rings. The molecule has 0 radical (unpaired) electrons. The van der Waals surface area contributed by atoms with E-state index < -0.39 is 21.8 Å². The van der Waals surface area contributed by atoms with Crippen molar-refractivity contribution in [3.63, 3.8) is 0 Å². The average molecular weight is 392 g/mol. The summed E-state index contributed by atoms with van der Waals surface area (Å²) in [5.41, 5.74) is 6.03. The van der Waals surface area contributed by atoms with E-state index in [1.54, 1.807) is 6.92 Å². The Bertz CT molecular complexity index is 836. The van der Waals surface area contributed by atoms with E-state index in [9.17, 15) is 18.0 Å². The number of carbonyl (C=O) groups excluding carboxylic acids is 2. The highest BCUT2D eigenvalue weighted by molar-refractivity contribution is 7.89. The topological polar surface area (TPSA) is 110 Å². The van der Waals surface area contributed by atoms with Crippen molar-refractivity contribution in [1.82, 2.24) is 9.84 Å². The number of nitrogens with two attached hydrogens (primary N) is 1. The Morgan fingerprint density at radius 1 is 1.38 bits per heavy atom. The van der Waals surface area contributed by atoms with Crippen molar-refractivity contribution in [1.29, 1.82) is 0 Å². The molecule has 0 unspecified atom stereocenters. The normalized spacial score (nSPS) is 15.8. The fourth-order valence-corrected chi connectivity index (χ4v) is 4.07. The first-order valence-electron chi connectivity index (χ1n) is 6.88. The number of hydrogen-bond acceptors (Lipinski definition) is 4. The second-order valence-electron chi connectivity index (χ2n) is 5.28. The molecule has 2 amide bonds. The monoisotopic (exact) mass is 391 g/mol. The molecule has 7 nitrogen and oxygen atoms in total. The van der Waals surface area contributed by atoms with Gasteiger partial charge in [0.2, 0.25) is 5.91 Å². The van der Waals surface area contributed by atoms with E-state index in [2.05, 4.69) is 4.83 Å². The summed E-state index contributed by atoms with van der Waals surface area (Å²) in [6.07, 6.45) is 0.168. The number of nitrogens with one attached hydrogen (secondary N) is 1. The van der Waals surface area contributed by atoms with Crippen LogP contribution in [0.3, 0.4) is 0 Å². The number of nitrogens with zero attached hydrogens (tertiary/aromatic N) is 1. The Hall–Kier alpha value is -1.61. The van der Waals surface area contributed by atoms with E-state index in [1.165, 1.54) is 18.2 Å². The maximum atomic E-state index is 12.5. The number of halogens is 2. The smallest absolute Gasteiger partial charge is 0.265 e. The highest BCUT2D eigenvalue weighted by Crippen LogP contribution is 2.26. The predicted octanol–water partition coefficient (Wildman–Crippen LogP) is 1.61. The van der Waals surface area contributed by atoms with E-state index in [1.807, 2.05) is 0 Å². The fraction of sp³-hybridized carbons (Fsp3) is 0.286. The zero-order valence-corrected chi connectivity index (χ0v) is 15.0. The number of benzene rings is 1. The van der Waals surface area contributed by atoms with Gasteiger partial charge in [0, 0.05) is 17.1 Å². The molecule has 0 saturated heterocycles. The molecule has 24 heavy (non-hydrogen) atoms. The van der Waals surface area contributed by atoms with Crippen molar-refractivity contribution in [3.05, 3.63) is 39.4 Å². The molecule has 3 N–H and O–H groups in total. The van der Waals surface area contributed by atoms with Crippen LogP contribution in [0.25, 0.3) is 0 Å². The van der Waals surface area contributed by atoms with Crippen LogP contribution in [-0.4, -0.2) is 31.8 Å². The molecule has 2 rings (SSSR count). The molecule has 0 saturated carbocycles. The summed E-state index contributed by atoms with van der Waals surface area (Å²) in [4.78, 5) is 25.4. The first-order valence-corrected chi connectivity index (χ1v) is 9.12. The summed E-state index contributed by atoms with van der Waals surface area (Å²) < 4.78 is 24.9. The van der Waals surface area contributed by atoms with Gasteiger partial charge < -0.3 is 5.73 Å². The van der Waals surface area contributed by atoms with Crippen LogP contribution in [-0.2, 0) is 19.6 Å². The van der Waals surface area contributed by atoms with Crippen molar-refractivity contribution in [2.24, 2.45) is 5.73 Å². The van der Waals surface area contributed by atoms with E-state index in [0.29, 0.717) is 12.0 Å². The van der Waals surface area contributed by atoms with Gasteiger partial charge in [-0.2, -0.15) is 0 Å². The van der Waals surface area contributed by atoms with Gasteiger partial charge in [-0.3, -0.25) is 14.6 Å². The molecule has 0 bridgehead atoms. The van der Waals surface area contributed by atoms with Gasteiger partial charge >= 0.3 is 0 Å². The molecule has 0 fully saturated rings. The molecule has 1 aliphatic heterocycles. The van der Waals surface area contributed by atoms with E-state index in [0.717, 1.165) is 5.01 Å². The number of amides is 2. The molecule has 0 aliphatic carbocycles. The molecular weight excluding hydrogens is 377 g/mol.